The van der Waals surface area contributed by atoms with Crippen LogP contribution < -0.4 is 24.4 Å². The molecule has 0 bridgehead atoms. The number of aromatic nitrogens is 2. The fraction of sp³-hybridized carbons (Fsp3) is 0.333. The van der Waals surface area contributed by atoms with Crippen LogP contribution in [0.3, 0.4) is 0 Å². The first kappa shape index (κ1) is 30.4. The number of fused-ring (bicyclic) bond motifs is 2. The lowest BCUT2D eigenvalue weighted by atomic mass is 9.95. The van der Waals surface area contributed by atoms with Crippen LogP contribution in [-0.2, 0) is 25.6 Å². The molecule has 1 amide bonds. The highest BCUT2D eigenvalue weighted by atomic mass is 32.1. The molecule has 0 saturated carbocycles. The maximum absolute atomic E-state index is 14.2. The molecule has 0 radical (unpaired) electrons. The van der Waals surface area contributed by atoms with Crippen LogP contribution in [0, 0.1) is 0 Å². The highest BCUT2D eigenvalue weighted by molar-refractivity contribution is 7.07. The van der Waals surface area contributed by atoms with Gasteiger partial charge in [0.05, 0.1) is 55.9 Å². The number of carbonyl (C=O) groups is 2. The van der Waals surface area contributed by atoms with Crippen molar-refractivity contribution in [2.45, 2.75) is 26.4 Å². The molecule has 11 nitrogen and oxygen atoms in total. The Balaban J connectivity index is 1.48. The third kappa shape index (κ3) is 5.67. The molecule has 45 heavy (non-hydrogen) atoms. The Hall–Kier alpha value is -4.68. The topological polar surface area (TPSA) is 114 Å². The second kappa shape index (κ2) is 12.7. The van der Waals surface area contributed by atoms with E-state index in [2.05, 4.69) is 4.99 Å². The van der Waals surface area contributed by atoms with E-state index in [-0.39, 0.29) is 30.2 Å². The maximum Gasteiger partial charge on any atom is 0.338 e. The number of methoxy groups -OCH3 is 2. The Kier molecular flexibility index (Phi) is 8.59. The number of hydrogen-bond donors (Lipinski definition) is 0. The minimum atomic E-state index is -0.797. The largest absolute Gasteiger partial charge is 0.493 e. The fourth-order valence-corrected chi connectivity index (χ4v) is 6.89. The summed E-state index contributed by atoms with van der Waals surface area (Å²) in [5, 5.41) is 0.915. The van der Waals surface area contributed by atoms with E-state index in [0.717, 1.165) is 16.5 Å². The summed E-state index contributed by atoms with van der Waals surface area (Å²) in [4.78, 5) is 47.6. The number of benzene rings is 2. The van der Waals surface area contributed by atoms with Gasteiger partial charge in [-0.2, -0.15) is 0 Å². The number of amides is 1. The molecule has 0 spiro atoms. The summed E-state index contributed by atoms with van der Waals surface area (Å²) >= 11 is 1.25. The van der Waals surface area contributed by atoms with Crippen LogP contribution in [0.25, 0.3) is 17.0 Å². The van der Waals surface area contributed by atoms with Crippen molar-refractivity contribution in [1.82, 2.24) is 14.0 Å². The van der Waals surface area contributed by atoms with Gasteiger partial charge in [-0.3, -0.25) is 14.2 Å². The zero-order chi connectivity index (χ0) is 31.7. The predicted octanol–water partition coefficient (Wildman–Crippen LogP) is 2.63. The lowest BCUT2D eigenvalue weighted by molar-refractivity contribution is -0.139. The van der Waals surface area contributed by atoms with Gasteiger partial charge < -0.3 is 28.4 Å². The number of ether oxygens (including phenoxy) is 4. The molecule has 6 rings (SSSR count). The van der Waals surface area contributed by atoms with E-state index < -0.39 is 12.0 Å². The maximum atomic E-state index is 14.2. The van der Waals surface area contributed by atoms with Gasteiger partial charge in [0, 0.05) is 35.8 Å². The van der Waals surface area contributed by atoms with E-state index in [1.54, 1.807) is 39.2 Å². The van der Waals surface area contributed by atoms with Crippen molar-refractivity contribution >= 4 is 40.2 Å². The lowest BCUT2D eigenvalue weighted by Crippen LogP contribution is -2.42. The van der Waals surface area contributed by atoms with E-state index >= 15 is 0 Å². The third-order valence-electron chi connectivity index (χ3n) is 8.02. The van der Waals surface area contributed by atoms with Gasteiger partial charge in [-0.15, -0.1) is 0 Å². The van der Waals surface area contributed by atoms with Crippen LogP contribution in [0.15, 0.2) is 69.7 Å². The summed E-state index contributed by atoms with van der Waals surface area (Å²) in [6, 6.07) is 12.3. The number of hydrogen-bond acceptors (Lipinski definition) is 9. The van der Waals surface area contributed by atoms with Gasteiger partial charge in [-0.1, -0.05) is 35.6 Å². The summed E-state index contributed by atoms with van der Waals surface area (Å²) in [5.41, 5.74) is 2.79. The standard InChI is InChI=1S/C33H34N4O7S/c1-5-44-32(40)29-20(2)34-33-37(30(29)21-10-11-25(41-3)26(16-21)42-4)31(39)27(45-33)17-22-18-36(24-9-7-6-8-23(22)24)19-28(38)35-12-14-43-15-13-35/h6-11,16-18,30H,5,12-15,19H2,1-4H3/b27-17+/t30-/m0/s1. The minimum Gasteiger partial charge on any atom is -0.493 e. The van der Waals surface area contributed by atoms with Gasteiger partial charge in [0.1, 0.15) is 6.54 Å². The van der Waals surface area contributed by atoms with Crippen LogP contribution >= 0.6 is 11.3 Å². The average Bonchev–Trinajstić information content (AvgIpc) is 3.56. The van der Waals surface area contributed by atoms with Crippen molar-refractivity contribution in [3.8, 4) is 11.5 Å². The van der Waals surface area contributed by atoms with Gasteiger partial charge in [-0.25, -0.2) is 9.79 Å². The molecule has 234 valence electrons. The molecule has 1 saturated heterocycles. The second-order valence-corrected chi connectivity index (χ2v) is 11.6. The molecule has 2 aliphatic rings. The molecular formula is C33H34N4O7S. The number of allylic oxidation sites excluding steroid dienone is 1. The van der Waals surface area contributed by atoms with Crippen LogP contribution in [0.2, 0.25) is 0 Å². The van der Waals surface area contributed by atoms with Gasteiger partial charge in [-0.05, 0) is 43.7 Å². The van der Waals surface area contributed by atoms with Crippen LogP contribution in [0.4, 0.5) is 0 Å². The van der Waals surface area contributed by atoms with Gasteiger partial charge in [0.25, 0.3) is 5.56 Å². The molecule has 4 heterocycles. The normalized spacial score (nSPS) is 16.8. The molecule has 0 aliphatic carbocycles. The molecule has 0 N–H and O–H groups in total. The first-order valence-corrected chi connectivity index (χ1v) is 15.5. The summed E-state index contributed by atoms with van der Waals surface area (Å²) < 4.78 is 25.7. The molecule has 0 unspecified atom stereocenters. The van der Waals surface area contributed by atoms with Crippen molar-refractivity contribution in [2.75, 3.05) is 47.1 Å². The monoisotopic (exact) mass is 630 g/mol. The zero-order valence-corrected chi connectivity index (χ0v) is 26.4. The van der Waals surface area contributed by atoms with Crippen molar-refractivity contribution in [3.63, 3.8) is 0 Å². The molecule has 1 atom stereocenters. The molecule has 4 aromatic rings. The van der Waals surface area contributed by atoms with E-state index in [1.165, 1.54) is 23.0 Å². The quantitative estimate of drug-likeness (QED) is 0.275. The summed E-state index contributed by atoms with van der Waals surface area (Å²) in [7, 11) is 3.08. The molecule has 12 heteroatoms. The van der Waals surface area contributed by atoms with Crippen LogP contribution in [-0.4, -0.2) is 73.0 Å². The molecular weight excluding hydrogens is 596 g/mol. The predicted molar refractivity (Wildman–Crippen MR) is 169 cm³/mol. The lowest BCUT2D eigenvalue weighted by Gasteiger charge is -2.27. The number of rotatable bonds is 8. The Morgan fingerprint density at radius 2 is 1.84 bits per heavy atom. The zero-order valence-electron chi connectivity index (χ0n) is 25.6. The van der Waals surface area contributed by atoms with Gasteiger partial charge in [0.15, 0.2) is 16.3 Å². The first-order chi connectivity index (χ1) is 21.8. The van der Waals surface area contributed by atoms with Gasteiger partial charge >= 0.3 is 5.97 Å². The Morgan fingerprint density at radius 3 is 2.58 bits per heavy atom. The van der Waals surface area contributed by atoms with E-state index in [1.807, 2.05) is 46.0 Å². The minimum absolute atomic E-state index is 0.0156. The number of carbonyl (C=O) groups excluding carboxylic acids is 2. The highest BCUT2D eigenvalue weighted by Crippen LogP contribution is 2.36. The number of para-hydroxylation sites is 1. The fourth-order valence-electron chi connectivity index (χ4n) is 5.85. The average molecular weight is 631 g/mol. The van der Waals surface area contributed by atoms with Crippen LogP contribution in [0.1, 0.15) is 31.0 Å². The molecule has 2 aromatic heterocycles. The van der Waals surface area contributed by atoms with Gasteiger partial charge in [0.2, 0.25) is 5.91 Å². The Bertz CT molecular complexity index is 2000. The Morgan fingerprint density at radius 1 is 1.09 bits per heavy atom. The van der Waals surface area contributed by atoms with Crippen LogP contribution in [0.5, 0.6) is 11.5 Å². The Labute approximate surface area is 263 Å². The van der Waals surface area contributed by atoms with E-state index in [0.29, 0.717) is 58.4 Å². The molecule has 2 aromatic carbocycles. The summed E-state index contributed by atoms with van der Waals surface area (Å²) in [5.74, 6) is 0.465. The number of nitrogens with zero attached hydrogens (tertiary/aromatic N) is 4. The number of morpholine rings is 1. The third-order valence-corrected chi connectivity index (χ3v) is 9.00. The summed E-state index contributed by atoms with van der Waals surface area (Å²) in [6.45, 7) is 6.04. The van der Waals surface area contributed by atoms with Crippen molar-refractivity contribution in [2.24, 2.45) is 4.99 Å². The van der Waals surface area contributed by atoms with E-state index in [9.17, 15) is 14.4 Å². The number of esters is 1. The number of thiazole rings is 1. The molecule has 1 fully saturated rings. The highest BCUT2D eigenvalue weighted by Gasteiger charge is 2.34. The van der Waals surface area contributed by atoms with Crippen molar-refractivity contribution < 1.29 is 28.5 Å². The molecule has 2 aliphatic heterocycles. The van der Waals surface area contributed by atoms with E-state index in [4.69, 9.17) is 18.9 Å². The smallest absolute Gasteiger partial charge is 0.338 e. The van der Waals surface area contributed by atoms with Crippen molar-refractivity contribution in [3.05, 3.63) is 90.7 Å². The van der Waals surface area contributed by atoms with Crippen molar-refractivity contribution in [1.29, 1.82) is 0 Å². The second-order valence-electron chi connectivity index (χ2n) is 10.6. The summed E-state index contributed by atoms with van der Waals surface area (Å²) in [6.07, 6.45) is 3.74. The SMILES string of the molecule is CCOC(=O)C1=C(C)N=c2s/c(=C/c3cn(CC(=O)N4CCOCC4)c4ccccc34)c(=O)n2[C@H]1c1ccc(OC)c(OC)c1. The first-order valence-electron chi connectivity index (χ1n) is 14.7.